The fourth-order valence-corrected chi connectivity index (χ4v) is 3.62. The van der Waals surface area contributed by atoms with Crippen molar-refractivity contribution in [1.29, 1.82) is 0 Å². The lowest BCUT2D eigenvalue weighted by Gasteiger charge is -2.39. The van der Waals surface area contributed by atoms with Crippen LogP contribution in [0.2, 0.25) is 0 Å². The topological polar surface area (TPSA) is 102 Å². The number of aryl methyl sites for hydroxylation is 1. The third kappa shape index (κ3) is 4.05. The van der Waals surface area contributed by atoms with Crippen LogP contribution in [0.25, 0.3) is 5.69 Å². The molecule has 1 amide bonds. The summed E-state index contributed by atoms with van der Waals surface area (Å²) >= 11 is 0. The van der Waals surface area contributed by atoms with Crippen molar-refractivity contribution in [3.05, 3.63) is 42.0 Å². The van der Waals surface area contributed by atoms with Gasteiger partial charge in [0, 0.05) is 24.8 Å². The quantitative estimate of drug-likeness (QED) is 0.764. The van der Waals surface area contributed by atoms with Gasteiger partial charge >= 0.3 is 0 Å². The summed E-state index contributed by atoms with van der Waals surface area (Å²) < 4.78 is 37.6. The normalized spacial score (nSPS) is 15.0. The molecule has 1 aromatic carbocycles. The number of rotatable bonds is 6. The first-order valence-electron chi connectivity index (χ1n) is 8.20. The number of amides is 1. The molecule has 0 spiro atoms. The van der Waals surface area contributed by atoms with Crippen molar-refractivity contribution in [2.75, 3.05) is 26.0 Å². The second-order valence-electron chi connectivity index (χ2n) is 6.46. The zero-order chi connectivity index (χ0) is 18.9. The van der Waals surface area contributed by atoms with Crippen LogP contribution in [0.3, 0.4) is 0 Å². The Morgan fingerprint density at radius 3 is 2.69 bits per heavy atom. The Morgan fingerprint density at radius 1 is 1.38 bits per heavy atom. The van der Waals surface area contributed by atoms with Crippen molar-refractivity contribution in [3.8, 4) is 11.4 Å². The molecule has 0 aliphatic carbocycles. The summed E-state index contributed by atoms with van der Waals surface area (Å²) in [5.41, 5.74) is 2.18. The van der Waals surface area contributed by atoms with Crippen LogP contribution in [-0.2, 0) is 10.1 Å². The maximum absolute atomic E-state index is 12.6. The molecule has 0 unspecified atom stereocenters. The van der Waals surface area contributed by atoms with Gasteiger partial charge in [0.25, 0.3) is 16.0 Å². The summed E-state index contributed by atoms with van der Waals surface area (Å²) in [6, 6.07) is 5.24. The molecule has 9 heteroatoms. The van der Waals surface area contributed by atoms with E-state index in [4.69, 9.17) is 9.29 Å². The summed E-state index contributed by atoms with van der Waals surface area (Å²) in [5.74, 6) is 0.263. The van der Waals surface area contributed by atoms with Crippen LogP contribution in [0.15, 0.2) is 30.7 Å². The van der Waals surface area contributed by atoms with E-state index in [-0.39, 0.29) is 17.6 Å². The van der Waals surface area contributed by atoms with E-state index < -0.39 is 10.1 Å². The standard InChI is InChI=1S/C17H21N3O5S/c1-12-8-20(11-18-12)15-4-3-14(7-16(15)25-2)17(21)19-9-13(10-19)5-6-26(22,23)24/h3-4,7-8,11,13H,5-6,9-10H2,1-2H3,(H,22,23,24). The predicted molar refractivity (Wildman–Crippen MR) is 95.3 cm³/mol. The van der Waals surface area contributed by atoms with Crippen molar-refractivity contribution in [3.63, 3.8) is 0 Å². The Kier molecular flexibility index (Phi) is 5.01. The van der Waals surface area contributed by atoms with Gasteiger partial charge in [-0.3, -0.25) is 9.35 Å². The molecule has 26 heavy (non-hydrogen) atoms. The lowest BCUT2D eigenvalue weighted by molar-refractivity contribution is 0.0495. The highest BCUT2D eigenvalue weighted by Gasteiger charge is 2.32. The van der Waals surface area contributed by atoms with E-state index in [2.05, 4.69) is 4.98 Å². The van der Waals surface area contributed by atoms with Crippen molar-refractivity contribution < 1.29 is 22.5 Å². The first-order chi connectivity index (χ1) is 12.3. The van der Waals surface area contributed by atoms with Gasteiger partial charge in [-0.2, -0.15) is 8.42 Å². The minimum Gasteiger partial charge on any atom is -0.495 e. The SMILES string of the molecule is COc1cc(C(=O)N2CC(CCS(=O)(=O)O)C2)ccc1-n1cnc(C)c1. The number of benzene rings is 1. The number of aromatic nitrogens is 2. The third-order valence-electron chi connectivity index (χ3n) is 4.44. The van der Waals surface area contributed by atoms with Gasteiger partial charge in [-0.25, -0.2) is 4.98 Å². The zero-order valence-electron chi connectivity index (χ0n) is 14.6. The first kappa shape index (κ1) is 18.4. The minimum absolute atomic E-state index is 0.0935. The molecule has 1 N–H and O–H groups in total. The van der Waals surface area contributed by atoms with E-state index in [9.17, 15) is 13.2 Å². The van der Waals surface area contributed by atoms with Crippen LogP contribution >= 0.6 is 0 Å². The van der Waals surface area contributed by atoms with Gasteiger partial charge in [-0.05, 0) is 37.5 Å². The number of hydrogen-bond acceptors (Lipinski definition) is 5. The fraction of sp³-hybridized carbons (Fsp3) is 0.412. The fourth-order valence-electron chi connectivity index (χ4n) is 2.99. The van der Waals surface area contributed by atoms with Crippen LogP contribution < -0.4 is 4.74 Å². The van der Waals surface area contributed by atoms with Crippen LogP contribution in [0, 0.1) is 12.8 Å². The van der Waals surface area contributed by atoms with E-state index >= 15 is 0 Å². The Bertz CT molecular complexity index is 916. The van der Waals surface area contributed by atoms with Crippen molar-refractivity contribution in [2.45, 2.75) is 13.3 Å². The van der Waals surface area contributed by atoms with Crippen LogP contribution in [-0.4, -0.2) is 59.3 Å². The number of nitrogens with zero attached hydrogens (tertiary/aromatic N) is 3. The van der Waals surface area contributed by atoms with E-state index in [1.807, 2.05) is 23.8 Å². The third-order valence-corrected chi connectivity index (χ3v) is 5.20. The largest absolute Gasteiger partial charge is 0.495 e. The predicted octanol–water partition coefficient (Wildman–Crippen LogP) is 1.54. The summed E-state index contributed by atoms with van der Waals surface area (Å²) in [4.78, 5) is 18.4. The van der Waals surface area contributed by atoms with Gasteiger partial charge in [-0.1, -0.05) is 0 Å². The lowest BCUT2D eigenvalue weighted by Crippen LogP contribution is -2.50. The molecule has 140 valence electrons. The minimum atomic E-state index is -3.95. The highest BCUT2D eigenvalue weighted by molar-refractivity contribution is 7.85. The second-order valence-corrected chi connectivity index (χ2v) is 8.03. The number of carbonyl (C=O) groups is 1. The van der Waals surface area contributed by atoms with Gasteiger partial charge < -0.3 is 14.2 Å². The summed E-state index contributed by atoms with van der Waals surface area (Å²) in [5, 5.41) is 0. The summed E-state index contributed by atoms with van der Waals surface area (Å²) in [7, 11) is -2.40. The Hall–Kier alpha value is -2.39. The van der Waals surface area contributed by atoms with E-state index in [1.165, 1.54) is 0 Å². The van der Waals surface area contributed by atoms with Gasteiger partial charge in [0.1, 0.15) is 5.75 Å². The molecule has 0 bridgehead atoms. The van der Waals surface area contributed by atoms with E-state index in [1.54, 1.807) is 30.5 Å². The summed E-state index contributed by atoms with van der Waals surface area (Å²) in [6.07, 6.45) is 3.91. The Labute approximate surface area is 152 Å². The van der Waals surface area contributed by atoms with Crippen molar-refractivity contribution >= 4 is 16.0 Å². The molecule has 2 heterocycles. The van der Waals surface area contributed by atoms with Gasteiger partial charge in [0.2, 0.25) is 0 Å². The van der Waals surface area contributed by atoms with Gasteiger partial charge in [-0.15, -0.1) is 0 Å². The molecule has 2 aromatic rings. The van der Waals surface area contributed by atoms with Crippen molar-refractivity contribution in [2.24, 2.45) is 5.92 Å². The van der Waals surface area contributed by atoms with E-state index in [0.29, 0.717) is 30.8 Å². The first-order valence-corrected chi connectivity index (χ1v) is 9.81. The molecule has 0 saturated carbocycles. The lowest BCUT2D eigenvalue weighted by atomic mass is 9.96. The molecule has 0 atom stereocenters. The average molecular weight is 379 g/mol. The molecular formula is C17H21N3O5S. The number of imidazole rings is 1. The molecule has 1 aliphatic rings. The van der Waals surface area contributed by atoms with Crippen molar-refractivity contribution in [1.82, 2.24) is 14.5 Å². The number of methoxy groups -OCH3 is 1. The van der Waals surface area contributed by atoms with Gasteiger partial charge in [0.05, 0.1) is 30.6 Å². The number of ether oxygens (including phenoxy) is 1. The van der Waals surface area contributed by atoms with Crippen LogP contribution in [0.4, 0.5) is 0 Å². The van der Waals surface area contributed by atoms with Crippen LogP contribution in [0.1, 0.15) is 22.5 Å². The molecule has 1 fully saturated rings. The number of likely N-dealkylation sites (tertiary alicyclic amines) is 1. The molecule has 1 aliphatic heterocycles. The summed E-state index contributed by atoms with van der Waals surface area (Å²) in [6.45, 7) is 2.86. The monoisotopic (exact) mass is 379 g/mol. The maximum atomic E-state index is 12.6. The average Bonchev–Trinajstić information content (AvgIpc) is 2.97. The zero-order valence-corrected chi connectivity index (χ0v) is 15.4. The van der Waals surface area contributed by atoms with E-state index in [0.717, 1.165) is 11.4 Å². The highest BCUT2D eigenvalue weighted by atomic mass is 32.2. The molecule has 1 aromatic heterocycles. The number of hydrogen-bond donors (Lipinski definition) is 1. The Balaban J connectivity index is 1.67. The molecule has 3 rings (SSSR count). The van der Waals surface area contributed by atoms with Crippen LogP contribution in [0.5, 0.6) is 5.75 Å². The molecule has 1 saturated heterocycles. The second kappa shape index (κ2) is 7.08. The molecule has 8 nitrogen and oxygen atoms in total. The maximum Gasteiger partial charge on any atom is 0.264 e. The molecular weight excluding hydrogens is 358 g/mol. The molecule has 0 radical (unpaired) electrons. The Morgan fingerprint density at radius 2 is 2.12 bits per heavy atom. The number of carbonyl (C=O) groups excluding carboxylic acids is 1. The smallest absolute Gasteiger partial charge is 0.264 e. The highest BCUT2D eigenvalue weighted by Crippen LogP contribution is 2.27. The van der Waals surface area contributed by atoms with Gasteiger partial charge in [0.15, 0.2) is 0 Å².